The number of carboxylic acids is 1. The predicted octanol–water partition coefficient (Wildman–Crippen LogP) is 2.08. The van der Waals surface area contributed by atoms with Crippen LogP contribution in [0.15, 0.2) is 0 Å². The molecule has 0 spiro atoms. The lowest BCUT2D eigenvalue weighted by molar-refractivity contribution is -0.147. The van der Waals surface area contributed by atoms with Crippen LogP contribution < -0.4 is 0 Å². The number of tetrazole rings is 1. The largest absolute Gasteiger partial charge is 0.481 e. The monoisotopic (exact) mass is 288 g/mol. The minimum absolute atomic E-state index is 0.123. The highest BCUT2D eigenvalue weighted by atomic mass is 19.3. The van der Waals surface area contributed by atoms with E-state index < -0.39 is 17.3 Å². The molecule has 0 atom stereocenters. The maximum Gasteiger partial charge on any atom is 0.310 e. The van der Waals surface area contributed by atoms with Crippen LogP contribution >= 0.6 is 0 Å². The number of aromatic nitrogens is 4. The summed E-state index contributed by atoms with van der Waals surface area (Å²) in [6.45, 7) is 3.28. The van der Waals surface area contributed by atoms with Crippen molar-refractivity contribution in [2.75, 3.05) is 0 Å². The maximum absolute atomic E-state index is 13.2. The van der Waals surface area contributed by atoms with Crippen molar-refractivity contribution in [1.29, 1.82) is 0 Å². The van der Waals surface area contributed by atoms with Gasteiger partial charge in [-0.2, -0.15) is 0 Å². The van der Waals surface area contributed by atoms with Gasteiger partial charge in [-0.05, 0) is 37.1 Å². The number of nitrogens with zero attached hydrogens (tertiary/aromatic N) is 4. The molecule has 1 aromatic heterocycles. The zero-order chi connectivity index (χ0) is 15.0. The van der Waals surface area contributed by atoms with Crippen molar-refractivity contribution in [2.45, 2.75) is 57.9 Å². The van der Waals surface area contributed by atoms with E-state index in [0.29, 0.717) is 18.7 Å². The standard InChI is InChI=1S/C12H18F2N4O2/c1-11(2,10(19)20)7-18-9(15-16-17-18)8-3-5-12(13,14)6-4-8/h8H,3-7H2,1-2H3,(H,19,20). The highest BCUT2D eigenvalue weighted by molar-refractivity contribution is 5.73. The molecule has 0 unspecified atom stereocenters. The Morgan fingerprint density at radius 3 is 2.60 bits per heavy atom. The number of halogens is 2. The van der Waals surface area contributed by atoms with Crippen molar-refractivity contribution in [3.05, 3.63) is 5.82 Å². The Morgan fingerprint density at radius 2 is 2.05 bits per heavy atom. The molecule has 112 valence electrons. The molecule has 0 radical (unpaired) electrons. The Labute approximate surface area is 115 Å². The summed E-state index contributed by atoms with van der Waals surface area (Å²) in [6, 6.07) is 0. The van der Waals surface area contributed by atoms with Crippen LogP contribution in [0, 0.1) is 5.41 Å². The lowest BCUT2D eigenvalue weighted by atomic mass is 9.86. The predicted molar refractivity (Wildman–Crippen MR) is 65.4 cm³/mol. The second-order valence-electron chi connectivity index (χ2n) is 6.01. The van der Waals surface area contributed by atoms with Crippen LogP contribution in [0.25, 0.3) is 0 Å². The van der Waals surface area contributed by atoms with Gasteiger partial charge in [0.1, 0.15) is 0 Å². The first-order valence-electron chi connectivity index (χ1n) is 6.58. The molecule has 20 heavy (non-hydrogen) atoms. The van der Waals surface area contributed by atoms with Crippen LogP contribution in [-0.4, -0.2) is 37.2 Å². The molecule has 1 aromatic rings. The number of hydrogen-bond acceptors (Lipinski definition) is 4. The highest BCUT2D eigenvalue weighted by Crippen LogP contribution is 2.40. The molecular formula is C12H18F2N4O2. The average Bonchev–Trinajstić information content (AvgIpc) is 2.76. The summed E-state index contributed by atoms with van der Waals surface area (Å²) >= 11 is 0. The smallest absolute Gasteiger partial charge is 0.310 e. The second-order valence-corrected chi connectivity index (χ2v) is 6.01. The van der Waals surface area contributed by atoms with E-state index in [1.54, 1.807) is 13.8 Å². The van der Waals surface area contributed by atoms with Crippen molar-refractivity contribution >= 4 is 5.97 Å². The molecule has 1 fully saturated rings. The Balaban J connectivity index is 2.12. The fraction of sp³-hybridized carbons (Fsp3) is 0.833. The van der Waals surface area contributed by atoms with Crippen LogP contribution in [0.2, 0.25) is 0 Å². The summed E-state index contributed by atoms with van der Waals surface area (Å²) in [5.74, 6) is -3.17. The molecule has 2 rings (SSSR count). The molecule has 1 aliphatic carbocycles. The van der Waals surface area contributed by atoms with Crippen molar-refractivity contribution in [1.82, 2.24) is 20.2 Å². The van der Waals surface area contributed by atoms with E-state index in [0.717, 1.165) is 0 Å². The number of carboxylic acid groups (broad SMARTS) is 1. The van der Waals surface area contributed by atoms with Gasteiger partial charge in [-0.25, -0.2) is 13.5 Å². The first-order valence-corrected chi connectivity index (χ1v) is 6.58. The van der Waals surface area contributed by atoms with E-state index in [1.165, 1.54) is 4.68 Å². The quantitative estimate of drug-likeness (QED) is 0.917. The molecule has 6 nitrogen and oxygen atoms in total. The van der Waals surface area contributed by atoms with Crippen LogP contribution in [0.4, 0.5) is 8.78 Å². The Morgan fingerprint density at radius 1 is 1.45 bits per heavy atom. The molecule has 1 heterocycles. The number of carbonyl (C=O) groups is 1. The highest BCUT2D eigenvalue weighted by Gasteiger charge is 2.38. The molecule has 1 aliphatic rings. The van der Waals surface area contributed by atoms with Gasteiger partial charge in [0.15, 0.2) is 5.82 Å². The summed E-state index contributed by atoms with van der Waals surface area (Å²) in [5, 5.41) is 20.4. The van der Waals surface area contributed by atoms with Gasteiger partial charge in [0.05, 0.1) is 12.0 Å². The Hall–Kier alpha value is -1.60. The number of alkyl halides is 2. The zero-order valence-electron chi connectivity index (χ0n) is 11.5. The van der Waals surface area contributed by atoms with Gasteiger partial charge in [-0.1, -0.05) is 0 Å². The Kier molecular flexibility index (Phi) is 3.75. The van der Waals surface area contributed by atoms with Gasteiger partial charge >= 0.3 is 5.97 Å². The molecule has 0 bridgehead atoms. The summed E-state index contributed by atoms with van der Waals surface area (Å²) in [5.41, 5.74) is -1.01. The average molecular weight is 288 g/mol. The third kappa shape index (κ3) is 3.10. The van der Waals surface area contributed by atoms with E-state index in [9.17, 15) is 13.6 Å². The number of hydrogen-bond donors (Lipinski definition) is 1. The molecular weight excluding hydrogens is 270 g/mol. The van der Waals surface area contributed by atoms with Gasteiger partial charge in [0, 0.05) is 18.8 Å². The van der Waals surface area contributed by atoms with Crippen LogP contribution in [0.1, 0.15) is 51.3 Å². The SMILES string of the molecule is CC(C)(Cn1nnnc1C1CCC(F)(F)CC1)C(=O)O. The minimum atomic E-state index is -2.60. The van der Waals surface area contributed by atoms with E-state index in [-0.39, 0.29) is 25.3 Å². The molecule has 0 amide bonds. The third-order valence-corrected chi connectivity index (χ3v) is 3.77. The van der Waals surface area contributed by atoms with Crippen molar-refractivity contribution < 1.29 is 18.7 Å². The van der Waals surface area contributed by atoms with Crippen molar-refractivity contribution in [3.8, 4) is 0 Å². The topological polar surface area (TPSA) is 80.9 Å². The van der Waals surface area contributed by atoms with Crippen LogP contribution in [-0.2, 0) is 11.3 Å². The number of rotatable bonds is 4. The van der Waals surface area contributed by atoms with E-state index in [4.69, 9.17) is 5.11 Å². The minimum Gasteiger partial charge on any atom is -0.481 e. The first-order chi connectivity index (χ1) is 9.21. The van der Waals surface area contributed by atoms with Crippen molar-refractivity contribution in [3.63, 3.8) is 0 Å². The molecule has 0 saturated heterocycles. The van der Waals surface area contributed by atoms with E-state index >= 15 is 0 Å². The third-order valence-electron chi connectivity index (χ3n) is 3.77. The first kappa shape index (κ1) is 14.8. The molecule has 8 heteroatoms. The summed E-state index contributed by atoms with van der Waals surface area (Å²) in [6.07, 6.45) is 0.293. The maximum atomic E-state index is 13.2. The lowest BCUT2D eigenvalue weighted by Crippen LogP contribution is -2.32. The van der Waals surface area contributed by atoms with Gasteiger partial charge < -0.3 is 5.11 Å². The van der Waals surface area contributed by atoms with Crippen LogP contribution in [0.3, 0.4) is 0 Å². The number of aliphatic carboxylic acids is 1. The van der Waals surface area contributed by atoms with E-state index in [2.05, 4.69) is 15.5 Å². The molecule has 0 aliphatic heterocycles. The summed E-state index contributed by atoms with van der Waals surface area (Å²) < 4.78 is 27.8. The normalized spacial score (nSPS) is 20.0. The van der Waals surface area contributed by atoms with E-state index in [1.807, 2.05) is 0 Å². The van der Waals surface area contributed by atoms with Gasteiger partial charge in [-0.15, -0.1) is 5.10 Å². The molecule has 1 saturated carbocycles. The Bertz CT molecular complexity index is 491. The van der Waals surface area contributed by atoms with Crippen molar-refractivity contribution in [2.24, 2.45) is 5.41 Å². The van der Waals surface area contributed by atoms with Gasteiger partial charge in [0.25, 0.3) is 0 Å². The molecule has 0 aromatic carbocycles. The summed E-state index contributed by atoms with van der Waals surface area (Å²) in [7, 11) is 0. The second kappa shape index (κ2) is 5.06. The summed E-state index contributed by atoms with van der Waals surface area (Å²) in [4.78, 5) is 11.1. The van der Waals surface area contributed by atoms with Gasteiger partial charge in [-0.3, -0.25) is 4.79 Å². The van der Waals surface area contributed by atoms with Crippen LogP contribution in [0.5, 0.6) is 0 Å². The lowest BCUT2D eigenvalue weighted by Gasteiger charge is -2.28. The fourth-order valence-electron chi connectivity index (χ4n) is 2.36. The fourth-order valence-corrected chi connectivity index (χ4v) is 2.36. The zero-order valence-corrected chi connectivity index (χ0v) is 11.5. The molecule has 1 N–H and O–H groups in total. The van der Waals surface area contributed by atoms with Gasteiger partial charge in [0.2, 0.25) is 5.92 Å².